The van der Waals surface area contributed by atoms with Crippen LogP contribution in [0.25, 0.3) is 0 Å². The molecular weight excluding hydrogens is 347 g/mol. The number of hydrogen-bond acceptors (Lipinski definition) is 3. The zero-order chi connectivity index (χ0) is 19.2. The number of aryl methyl sites for hydroxylation is 1. The normalized spacial score (nSPS) is 24.5. The summed E-state index contributed by atoms with van der Waals surface area (Å²) in [5, 5.41) is 10.8. The Morgan fingerprint density at radius 2 is 1.73 bits per heavy atom. The first kappa shape index (κ1) is 20.6. The average molecular weight is 373 g/mol. The van der Waals surface area contributed by atoms with Crippen LogP contribution in [0.2, 0.25) is 0 Å². The molecule has 2 aliphatic rings. The molecule has 4 nitrogen and oxygen atoms in total. The Balaban J connectivity index is 0.000000298. The summed E-state index contributed by atoms with van der Waals surface area (Å²) in [7, 11) is 0. The number of unbranched alkanes of at least 4 members (excludes halogenated alkanes) is 1. The van der Waals surface area contributed by atoms with Gasteiger partial charge in [0.2, 0.25) is 0 Å². The molecule has 2 saturated heterocycles. The molecule has 0 spiro atoms. The second kappa shape index (κ2) is 9.26. The van der Waals surface area contributed by atoms with Gasteiger partial charge in [0.05, 0.1) is 0 Å². The predicted octanol–water partition coefficient (Wildman–Crippen LogP) is 4.32. The van der Waals surface area contributed by atoms with Crippen molar-refractivity contribution in [3.05, 3.63) is 29.8 Å². The number of rotatable bonds is 5. The van der Waals surface area contributed by atoms with Crippen molar-refractivity contribution >= 4 is 5.97 Å². The maximum atomic E-state index is 10.6. The van der Waals surface area contributed by atoms with Gasteiger partial charge in [0.1, 0.15) is 11.9 Å². The molecular formula is C19H26F3NO3. The van der Waals surface area contributed by atoms with Crippen molar-refractivity contribution in [1.29, 1.82) is 0 Å². The molecule has 146 valence electrons. The van der Waals surface area contributed by atoms with E-state index in [9.17, 15) is 13.2 Å². The number of halogens is 3. The monoisotopic (exact) mass is 373 g/mol. The Morgan fingerprint density at radius 3 is 2.19 bits per heavy atom. The summed E-state index contributed by atoms with van der Waals surface area (Å²) < 4.78 is 37.9. The molecule has 1 aromatic rings. The van der Waals surface area contributed by atoms with Gasteiger partial charge < -0.3 is 15.2 Å². The van der Waals surface area contributed by atoms with Crippen LogP contribution >= 0.6 is 0 Å². The minimum atomic E-state index is -5.08. The molecule has 0 radical (unpaired) electrons. The molecule has 2 aliphatic heterocycles. The van der Waals surface area contributed by atoms with Gasteiger partial charge in [-0.1, -0.05) is 25.5 Å². The molecule has 2 fully saturated rings. The highest BCUT2D eigenvalue weighted by atomic mass is 19.4. The summed E-state index contributed by atoms with van der Waals surface area (Å²) in [6.07, 6.45) is 4.07. The predicted molar refractivity (Wildman–Crippen MR) is 92.3 cm³/mol. The van der Waals surface area contributed by atoms with Crippen LogP contribution in [-0.2, 0) is 11.2 Å². The van der Waals surface area contributed by atoms with Crippen molar-refractivity contribution in [3.63, 3.8) is 0 Å². The van der Waals surface area contributed by atoms with E-state index in [1.54, 1.807) is 0 Å². The fourth-order valence-electron chi connectivity index (χ4n) is 3.41. The molecule has 2 heterocycles. The van der Waals surface area contributed by atoms with Crippen LogP contribution in [-0.4, -0.2) is 35.4 Å². The summed E-state index contributed by atoms with van der Waals surface area (Å²) >= 11 is 0. The molecule has 3 atom stereocenters. The molecule has 0 amide bonds. The molecule has 2 N–H and O–H groups in total. The molecule has 7 heteroatoms. The van der Waals surface area contributed by atoms with Crippen LogP contribution in [0.15, 0.2) is 24.3 Å². The first-order chi connectivity index (χ1) is 12.3. The summed E-state index contributed by atoms with van der Waals surface area (Å²) in [5.74, 6) is -1.71. The maximum absolute atomic E-state index is 10.6. The SMILES string of the molecule is CCCCc1ccc(O[C@H]2C[C@H]3CC[C@@H](C2)N3)cc1.O=C(O)C(F)(F)F. The third kappa shape index (κ3) is 6.52. The van der Waals surface area contributed by atoms with Gasteiger partial charge in [-0.3, -0.25) is 0 Å². The lowest BCUT2D eigenvalue weighted by molar-refractivity contribution is -0.192. The van der Waals surface area contributed by atoms with Crippen molar-refractivity contribution in [3.8, 4) is 5.75 Å². The van der Waals surface area contributed by atoms with E-state index in [1.807, 2.05) is 0 Å². The summed E-state index contributed by atoms with van der Waals surface area (Å²) in [6.45, 7) is 2.24. The molecule has 2 bridgehead atoms. The number of benzene rings is 1. The zero-order valence-electron chi connectivity index (χ0n) is 14.9. The van der Waals surface area contributed by atoms with Crippen LogP contribution in [0, 0.1) is 0 Å². The molecule has 0 aliphatic carbocycles. The molecule has 0 unspecified atom stereocenters. The lowest BCUT2D eigenvalue weighted by Gasteiger charge is -2.29. The van der Waals surface area contributed by atoms with Crippen LogP contribution < -0.4 is 10.1 Å². The van der Waals surface area contributed by atoms with Crippen molar-refractivity contribution in [2.75, 3.05) is 0 Å². The summed E-state index contributed by atoms with van der Waals surface area (Å²) in [6, 6.07) is 10.1. The van der Waals surface area contributed by atoms with Crippen molar-refractivity contribution in [2.24, 2.45) is 0 Å². The number of aliphatic carboxylic acids is 1. The zero-order valence-corrected chi connectivity index (χ0v) is 14.9. The molecule has 3 rings (SSSR count). The average Bonchev–Trinajstić information content (AvgIpc) is 2.92. The topological polar surface area (TPSA) is 58.6 Å². The van der Waals surface area contributed by atoms with Gasteiger partial charge in [-0.05, 0) is 56.2 Å². The highest BCUT2D eigenvalue weighted by Gasteiger charge is 2.38. The maximum Gasteiger partial charge on any atom is 0.490 e. The van der Waals surface area contributed by atoms with Crippen LogP contribution in [0.1, 0.15) is 51.0 Å². The summed E-state index contributed by atoms with van der Waals surface area (Å²) in [4.78, 5) is 8.90. The van der Waals surface area contributed by atoms with Crippen molar-refractivity contribution in [2.45, 2.75) is 76.2 Å². The quantitative estimate of drug-likeness (QED) is 0.807. The highest BCUT2D eigenvalue weighted by Crippen LogP contribution is 2.29. The van der Waals surface area contributed by atoms with E-state index < -0.39 is 12.1 Å². The Labute approximate surface area is 151 Å². The fraction of sp³-hybridized carbons (Fsp3) is 0.632. The van der Waals surface area contributed by atoms with E-state index >= 15 is 0 Å². The van der Waals surface area contributed by atoms with Gasteiger partial charge in [-0.15, -0.1) is 0 Å². The fourth-order valence-corrected chi connectivity index (χ4v) is 3.41. The molecule has 26 heavy (non-hydrogen) atoms. The third-order valence-corrected chi connectivity index (χ3v) is 4.72. The van der Waals surface area contributed by atoms with Gasteiger partial charge >= 0.3 is 12.1 Å². The molecule has 0 saturated carbocycles. The smallest absolute Gasteiger partial charge is 0.490 e. The number of piperidine rings is 1. The van der Waals surface area contributed by atoms with E-state index in [2.05, 4.69) is 36.5 Å². The van der Waals surface area contributed by atoms with Crippen molar-refractivity contribution in [1.82, 2.24) is 5.32 Å². The minimum Gasteiger partial charge on any atom is -0.490 e. The van der Waals surface area contributed by atoms with Crippen molar-refractivity contribution < 1.29 is 27.8 Å². The van der Waals surface area contributed by atoms with Crippen LogP contribution in [0.5, 0.6) is 5.75 Å². The van der Waals surface area contributed by atoms with Gasteiger partial charge in [0, 0.05) is 12.1 Å². The number of alkyl halides is 3. The second-order valence-electron chi connectivity index (χ2n) is 6.90. The lowest BCUT2D eigenvalue weighted by atomic mass is 10.0. The van der Waals surface area contributed by atoms with Crippen LogP contribution in [0.4, 0.5) is 13.2 Å². The Hall–Kier alpha value is -1.76. The van der Waals surface area contributed by atoms with Gasteiger partial charge in [-0.25, -0.2) is 4.79 Å². The highest BCUT2D eigenvalue weighted by molar-refractivity contribution is 5.73. The number of nitrogens with one attached hydrogen (secondary N) is 1. The standard InChI is InChI=1S/C17H25NO.C2HF3O2/c1-2-3-4-13-5-9-16(10-6-13)19-17-11-14-7-8-15(12-17)18-14;3-2(4,5)1(6)7/h5-6,9-10,14-15,17-18H,2-4,7-8,11-12H2,1H3;(H,6,7)/t14-,15+,17+;. The third-order valence-electron chi connectivity index (χ3n) is 4.72. The molecule has 0 aromatic heterocycles. The first-order valence-corrected chi connectivity index (χ1v) is 9.09. The Bertz CT molecular complexity index is 562. The van der Waals surface area contributed by atoms with E-state index in [-0.39, 0.29) is 0 Å². The number of carbonyl (C=O) groups is 1. The number of ether oxygens (including phenoxy) is 1. The number of fused-ring (bicyclic) bond motifs is 2. The van der Waals surface area contributed by atoms with Crippen LogP contribution in [0.3, 0.4) is 0 Å². The van der Waals surface area contributed by atoms with Gasteiger partial charge in [-0.2, -0.15) is 13.2 Å². The molecule has 1 aromatic carbocycles. The first-order valence-electron chi connectivity index (χ1n) is 9.09. The second-order valence-corrected chi connectivity index (χ2v) is 6.90. The van der Waals surface area contributed by atoms with E-state index in [0.29, 0.717) is 18.2 Å². The van der Waals surface area contributed by atoms with E-state index in [0.717, 1.165) is 5.75 Å². The Kier molecular flexibility index (Phi) is 7.32. The van der Waals surface area contributed by atoms with E-state index in [4.69, 9.17) is 14.6 Å². The van der Waals surface area contributed by atoms with Gasteiger partial charge in [0.25, 0.3) is 0 Å². The summed E-state index contributed by atoms with van der Waals surface area (Å²) in [5.41, 5.74) is 1.43. The van der Waals surface area contributed by atoms with E-state index in [1.165, 1.54) is 50.5 Å². The van der Waals surface area contributed by atoms with Gasteiger partial charge in [0.15, 0.2) is 0 Å². The number of carboxylic acids is 1. The minimum absolute atomic E-state index is 0.417. The Morgan fingerprint density at radius 1 is 1.19 bits per heavy atom. The number of hydrogen-bond donors (Lipinski definition) is 2. The largest absolute Gasteiger partial charge is 0.490 e. The lowest BCUT2D eigenvalue weighted by Crippen LogP contribution is -2.42. The number of carboxylic acid groups (broad SMARTS) is 1.